The Morgan fingerprint density at radius 2 is 2.12 bits per heavy atom. The molecule has 0 aliphatic carbocycles. The minimum absolute atomic E-state index is 0.0486. The molecule has 1 rings (SSSR count). The smallest absolute Gasteiger partial charge is 0.182 e. The highest BCUT2D eigenvalue weighted by Crippen LogP contribution is 2.22. The van der Waals surface area contributed by atoms with E-state index in [1.165, 1.54) is 6.20 Å². The van der Waals surface area contributed by atoms with Crippen molar-refractivity contribution >= 4 is 5.82 Å². The molecule has 1 aromatic rings. The normalized spacial score (nSPS) is 10.9. The third-order valence-corrected chi connectivity index (χ3v) is 2.55. The van der Waals surface area contributed by atoms with Gasteiger partial charge in [0, 0.05) is 25.5 Å². The lowest BCUT2D eigenvalue weighted by molar-refractivity contribution is 0.248. The van der Waals surface area contributed by atoms with Gasteiger partial charge in [-0.2, -0.15) is 5.26 Å². The van der Waals surface area contributed by atoms with Gasteiger partial charge < -0.3 is 10.4 Å². The van der Waals surface area contributed by atoms with Crippen LogP contribution in [0.1, 0.15) is 32.4 Å². The number of nitrogens with one attached hydrogen (secondary N) is 1. The van der Waals surface area contributed by atoms with Gasteiger partial charge in [-0.25, -0.2) is 9.97 Å². The average molecular weight is 234 g/mol. The van der Waals surface area contributed by atoms with Crippen LogP contribution in [0, 0.1) is 16.7 Å². The summed E-state index contributed by atoms with van der Waals surface area (Å²) in [6.07, 6.45) is 4.75. The third kappa shape index (κ3) is 4.37. The van der Waals surface area contributed by atoms with Gasteiger partial charge in [0.1, 0.15) is 6.07 Å². The van der Waals surface area contributed by atoms with E-state index in [1.807, 2.05) is 6.07 Å². The van der Waals surface area contributed by atoms with E-state index in [0.717, 1.165) is 12.8 Å². The first kappa shape index (κ1) is 13.4. The van der Waals surface area contributed by atoms with Crippen molar-refractivity contribution in [1.82, 2.24) is 9.97 Å². The van der Waals surface area contributed by atoms with Gasteiger partial charge in [-0.1, -0.05) is 13.8 Å². The molecule has 5 heteroatoms. The standard InChI is InChI=1S/C12H18N4O/c1-12(2,4-3-7-17)9-16-11-10(8-13)14-5-6-15-11/h5-6,17H,3-4,7,9H2,1-2H3,(H,15,16). The number of anilines is 1. The quantitative estimate of drug-likeness (QED) is 0.780. The van der Waals surface area contributed by atoms with Gasteiger partial charge in [-0.15, -0.1) is 0 Å². The van der Waals surface area contributed by atoms with Crippen LogP contribution < -0.4 is 5.32 Å². The van der Waals surface area contributed by atoms with E-state index in [9.17, 15) is 0 Å². The van der Waals surface area contributed by atoms with Crippen LogP contribution in [0.5, 0.6) is 0 Å². The Morgan fingerprint density at radius 1 is 1.41 bits per heavy atom. The van der Waals surface area contributed by atoms with Crippen LogP contribution in [0.25, 0.3) is 0 Å². The number of nitrogens with zero attached hydrogens (tertiary/aromatic N) is 3. The van der Waals surface area contributed by atoms with Gasteiger partial charge >= 0.3 is 0 Å². The maximum Gasteiger partial charge on any atom is 0.182 e. The first-order valence-electron chi connectivity index (χ1n) is 5.65. The van der Waals surface area contributed by atoms with Crippen molar-refractivity contribution in [1.29, 1.82) is 5.26 Å². The molecule has 0 spiro atoms. The fourth-order valence-corrected chi connectivity index (χ4v) is 1.52. The molecule has 0 saturated carbocycles. The second-order valence-corrected chi connectivity index (χ2v) is 4.71. The van der Waals surface area contributed by atoms with Gasteiger partial charge in [-0.05, 0) is 18.3 Å². The molecular weight excluding hydrogens is 216 g/mol. The molecule has 0 fully saturated rings. The Balaban J connectivity index is 2.58. The van der Waals surface area contributed by atoms with Crippen LogP contribution in [0.3, 0.4) is 0 Å². The second-order valence-electron chi connectivity index (χ2n) is 4.71. The van der Waals surface area contributed by atoms with Crippen LogP contribution in [-0.4, -0.2) is 28.2 Å². The Kier molecular flexibility index (Phi) is 4.85. The van der Waals surface area contributed by atoms with E-state index < -0.39 is 0 Å². The summed E-state index contributed by atoms with van der Waals surface area (Å²) < 4.78 is 0. The SMILES string of the molecule is CC(C)(CCCO)CNc1nccnc1C#N. The predicted molar refractivity (Wildman–Crippen MR) is 65.3 cm³/mol. The summed E-state index contributed by atoms with van der Waals surface area (Å²) in [5, 5.41) is 20.8. The zero-order valence-corrected chi connectivity index (χ0v) is 10.3. The number of aliphatic hydroxyl groups is 1. The summed E-state index contributed by atoms with van der Waals surface area (Å²) in [5.41, 5.74) is 0.359. The first-order valence-corrected chi connectivity index (χ1v) is 5.65. The van der Waals surface area contributed by atoms with Crippen LogP contribution in [0.4, 0.5) is 5.82 Å². The van der Waals surface area contributed by atoms with E-state index in [2.05, 4.69) is 29.1 Å². The van der Waals surface area contributed by atoms with Crippen molar-refractivity contribution in [2.24, 2.45) is 5.41 Å². The Labute approximate surface area is 102 Å². The lowest BCUT2D eigenvalue weighted by Gasteiger charge is -2.24. The lowest BCUT2D eigenvalue weighted by Crippen LogP contribution is -2.24. The maximum atomic E-state index is 8.86. The molecule has 0 atom stereocenters. The van der Waals surface area contributed by atoms with E-state index in [0.29, 0.717) is 18.1 Å². The zero-order chi connectivity index (χ0) is 12.7. The van der Waals surface area contributed by atoms with Gasteiger partial charge in [0.05, 0.1) is 0 Å². The van der Waals surface area contributed by atoms with Crippen molar-refractivity contribution in [3.63, 3.8) is 0 Å². The molecule has 1 heterocycles. The highest BCUT2D eigenvalue weighted by molar-refractivity contribution is 5.46. The van der Waals surface area contributed by atoms with Crippen molar-refractivity contribution in [3.05, 3.63) is 18.1 Å². The van der Waals surface area contributed by atoms with Crippen molar-refractivity contribution in [3.8, 4) is 6.07 Å². The van der Waals surface area contributed by atoms with E-state index >= 15 is 0 Å². The number of hydrogen-bond acceptors (Lipinski definition) is 5. The average Bonchev–Trinajstić information content (AvgIpc) is 2.34. The zero-order valence-electron chi connectivity index (χ0n) is 10.3. The summed E-state index contributed by atoms with van der Waals surface area (Å²) in [5.74, 6) is 0.520. The van der Waals surface area contributed by atoms with Gasteiger partial charge in [0.25, 0.3) is 0 Å². The third-order valence-electron chi connectivity index (χ3n) is 2.55. The molecule has 0 unspecified atom stereocenters. The van der Waals surface area contributed by atoms with E-state index in [1.54, 1.807) is 6.20 Å². The molecule has 5 nitrogen and oxygen atoms in total. The molecule has 0 aliphatic heterocycles. The van der Waals surface area contributed by atoms with Crippen molar-refractivity contribution in [2.75, 3.05) is 18.5 Å². The highest BCUT2D eigenvalue weighted by atomic mass is 16.2. The molecule has 0 aromatic carbocycles. The lowest BCUT2D eigenvalue weighted by atomic mass is 9.88. The monoisotopic (exact) mass is 234 g/mol. The second kappa shape index (κ2) is 6.16. The molecule has 0 aliphatic rings. The van der Waals surface area contributed by atoms with Gasteiger partial charge in [0.15, 0.2) is 11.5 Å². The fourth-order valence-electron chi connectivity index (χ4n) is 1.52. The summed E-state index contributed by atoms with van der Waals surface area (Å²) in [6.45, 7) is 5.12. The van der Waals surface area contributed by atoms with E-state index in [-0.39, 0.29) is 12.0 Å². The van der Waals surface area contributed by atoms with Crippen LogP contribution in [-0.2, 0) is 0 Å². The largest absolute Gasteiger partial charge is 0.396 e. The molecular formula is C12H18N4O. The molecule has 17 heavy (non-hydrogen) atoms. The number of aromatic nitrogens is 2. The number of rotatable bonds is 6. The number of aliphatic hydroxyl groups excluding tert-OH is 1. The molecule has 0 radical (unpaired) electrons. The number of nitriles is 1. The summed E-state index contributed by atoms with van der Waals surface area (Å²) in [7, 11) is 0. The minimum Gasteiger partial charge on any atom is -0.396 e. The Morgan fingerprint density at radius 3 is 2.76 bits per heavy atom. The molecule has 0 amide bonds. The maximum absolute atomic E-state index is 8.86. The Hall–Kier alpha value is -1.67. The minimum atomic E-state index is 0.0486. The topological polar surface area (TPSA) is 81.8 Å². The van der Waals surface area contributed by atoms with Crippen LogP contribution in [0.15, 0.2) is 12.4 Å². The predicted octanol–water partition coefficient (Wildman–Crippen LogP) is 1.56. The highest BCUT2D eigenvalue weighted by Gasteiger charge is 2.18. The summed E-state index contributed by atoms with van der Waals surface area (Å²) in [4.78, 5) is 8.02. The first-order chi connectivity index (χ1) is 8.09. The van der Waals surface area contributed by atoms with Crippen molar-refractivity contribution in [2.45, 2.75) is 26.7 Å². The van der Waals surface area contributed by atoms with Gasteiger partial charge in [0.2, 0.25) is 0 Å². The summed E-state index contributed by atoms with van der Waals surface area (Å²) >= 11 is 0. The molecule has 92 valence electrons. The molecule has 2 N–H and O–H groups in total. The fraction of sp³-hybridized carbons (Fsp3) is 0.583. The molecule has 0 saturated heterocycles. The molecule has 0 bridgehead atoms. The number of hydrogen-bond donors (Lipinski definition) is 2. The van der Waals surface area contributed by atoms with Gasteiger partial charge in [-0.3, -0.25) is 0 Å². The van der Waals surface area contributed by atoms with Crippen LogP contribution in [0.2, 0.25) is 0 Å². The van der Waals surface area contributed by atoms with Crippen LogP contribution >= 0.6 is 0 Å². The molecule has 1 aromatic heterocycles. The summed E-state index contributed by atoms with van der Waals surface area (Å²) in [6, 6.07) is 2.00. The van der Waals surface area contributed by atoms with Crippen molar-refractivity contribution < 1.29 is 5.11 Å². The van der Waals surface area contributed by atoms with E-state index in [4.69, 9.17) is 10.4 Å². The Bertz CT molecular complexity index is 398.